The number of nitrogens with zero attached hydrogens (tertiary/aromatic N) is 3. The van der Waals surface area contributed by atoms with Crippen molar-refractivity contribution < 1.29 is 9.53 Å². The van der Waals surface area contributed by atoms with E-state index in [0.717, 1.165) is 5.01 Å². The van der Waals surface area contributed by atoms with E-state index in [0.29, 0.717) is 28.9 Å². The summed E-state index contributed by atoms with van der Waals surface area (Å²) in [5, 5.41) is 7.36. The molecule has 0 fully saturated rings. The van der Waals surface area contributed by atoms with Gasteiger partial charge in [0.1, 0.15) is 10.8 Å². The van der Waals surface area contributed by atoms with Crippen LogP contribution in [0.25, 0.3) is 11.0 Å². The zero-order valence-electron chi connectivity index (χ0n) is 16.1. The third kappa shape index (κ3) is 3.77. The number of ether oxygens (including phenoxy) is 1. The Balaban J connectivity index is 1.78. The average molecular weight is 439 g/mol. The summed E-state index contributed by atoms with van der Waals surface area (Å²) in [5.74, 6) is 0.194. The van der Waals surface area contributed by atoms with E-state index in [2.05, 4.69) is 16.7 Å². The molecule has 7 nitrogen and oxygen atoms in total. The van der Waals surface area contributed by atoms with Crippen molar-refractivity contribution in [3.63, 3.8) is 0 Å². The van der Waals surface area contributed by atoms with Gasteiger partial charge in [-0.3, -0.25) is 9.59 Å². The number of anilines is 1. The normalized spacial score (nSPS) is 15.4. The van der Waals surface area contributed by atoms with Gasteiger partial charge in [0, 0.05) is 16.9 Å². The first kappa shape index (κ1) is 20.0. The van der Waals surface area contributed by atoms with Gasteiger partial charge in [0.15, 0.2) is 5.76 Å². The van der Waals surface area contributed by atoms with Crippen LogP contribution in [0.4, 0.5) is 5.82 Å². The van der Waals surface area contributed by atoms with Crippen molar-refractivity contribution in [3.8, 4) is 0 Å². The van der Waals surface area contributed by atoms with Crippen LogP contribution in [0.15, 0.2) is 64.0 Å². The molecule has 2 N–H and O–H groups in total. The van der Waals surface area contributed by atoms with E-state index in [9.17, 15) is 9.59 Å². The molecule has 0 aromatic carbocycles. The Morgan fingerprint density at radius 3 is 2.87 bits per heavy atom. The molecule has 0 unspecified atom stereocenters. The van der Waals surface area contributed by atoms with Crippen LogP contribution in [-0.4, -0.2) is 27.5 Å². The number of nitrogens with two attached hydrogens (primary N) is 1. The maximum absolute atomic E-state index is 12.7. The van der Waals surface area contributed by atoms with E-state index < -0.39 is 5.56 Å². The Morgan fingerprint density at radius 1 is 1.33 bits per heavy atom. The topological polar surface area (TPSA) is 99.6 Å². The van der Waals surface area contributed by atoms with E-state index in [1.165, 1.54) is 27.8 Å². The van der Waals surface area contributed by atoms with Crippen molar-refractivity contribution in [1.82, 2.24) is 14.6 Å². The van der Waals surface area contributed by atoms with Crippen molar-refractivity contribution in [2.24, 2.45) is 0 Å². The van der Waals surface area contributed by atoms with E-state index in [1.807, 2.05) is 17.5 Å². The quantitative estimate of drug-likeness (QED) is 0.592. The van der Waals surface area contributed by atoms with E-state index in [4.69, 9.17) is 10.5 Å². The number of allylic oxidation sites excluding steroid dienone is 5. The van der Waals surface area contributed by atoms with Crippen LogP contribution >= 0.6 is 22.7 Å². The molecule has 0 spiro atoms. The Bertz CT molecular complexity index is 1290. The lowest BCUT2D eigenvalue weighted by molar-refractivity contribution is -0.115. The molecule has 1 aliphatic carbocycles. The second-order valence-electron chi connectivity index (χ2n) is 6.51. The van der Waals surface area contributed by atoms with Crippen LogP contribution in [0.3, 0.4) is 0 Å². The largest absolute Gasteiger partial charge is 0.493 e. The molecule has 0 saturated heterocycles. The summed E-state index contributed by atoms with van der Waals surface area (Å²) in [4.78, 5) is 30.8. The fraction of sp³-hybridized carbons (Fsp3) is 0.143. The first-order valence-corrected chi connectivity index (χ1v) is 10.7. The number of methoxy groups -OCH3 is 1. The number of aromatic nitrogens is 3. The van der Waals surface area contributed by atoms with Gasteiger partial charge in [-0.15, -0.1) is 17.9 Å². The van der Waals surface area contributed by atoms with Crippen molar-refractivity contribution in [2.75, 3.05) is 12.8 Å². The molecule has 1 aliphatic rings. The minimum Gasteiger partial charge on any atom is -0.493 e. The van der Waals surface area contributed by atoms with Gasteiger partial charge in [-0.1, -0.05) is 23.5 Å². The summed E-state index contributed by atoms with van der Waals surface area (Å²) in [6, 6.07) is 4.02. The summed E-state index contributed by atoms with van der Waals surface area (Å²) in [5.41, 5.74) is 7.18. The highest BCUT2D eigenvalue weighted by molar-refractivity contribution is 7.17. The Morgan fingerprint density at radius 2 is 2.17 bits per heavy atom. The predicted molar refractivity (Wildman–Crippen MR) is 120 cm³/mol. The molecule has 30 heavy (non-hydrogen) atoms. The number of ketones is 1. The van der Waals surface area contributed by atoms with Crippen molar-refractivity contribution >= 4 is 45.3 Å². The van der Waals surface area contributed by atoms with Gasteiger partial charge in [-0.2, -0.15) is 14.6 Å². The fourth-order valence-electron chi connectivity index (χ4n) is 3.08. The lowest BCUT2D eigenvalue weighted by Gasteiger charge is -2.14. The van der Waals surface area contributed by atoms with Gasteiger partial charge in [-0.05, 0) is 41.7 Å². The van der Waals surface area contributed by atoms with Crippen LogP contribution in [-0.2, 0) is 16.0 Å². The minimum atomic E-state index is -0.450. The molecule has 0 radical (unpaired) electrons. The van der Waals surface area contributed by atoms with Crippen LogP contribution in [0, 0.1) is 0 Å². The monoisotopic (exact) mass is 438 g/mol. The van der Waals surface area contributed by atoms with E-state index in [1.54, 1.807) is 35.6 Å². The summed E-state index contributed by atoms with van der Waals surface area (Å²) < 4.78 is 6.68. The van der Waals surface area contributed by atoms with Crippen molar-refractivity contribution in [1.29, 1.82) is 0 Å². The summed E-state index contributed by atoms with van der Waals surface area (Å²) in [6.45, 7) is 3.68. The molecule has 0 aliphatic heterocycles. The number of carbonyl (C=O) groups excluding carboxylic acids is 1. The number of carbonyl (C=O) groups is 1. The van der Waals surface area contributed by atoms with Gasteiger partial charge in [0.2, 0.25) is 10.7 Å². The zero-order chi connectivity index (χ0) is 21.3. The minimum absolute atomic E-state index is 0.195. The molecule has 0 bridgehead atoms. The number of thiophene rings is 1. The third-order valence-electron chi connectivity index (χ3n) is 4.49. The predicted octanol–water partition coefficient (Wildman–Crippen LogP) is 3.38. The van der Waals surface area contributed by atoms with Gasteiger partial charge >= 0.3 is 0 Å². The van der Waals surface area contributed by atoms with E-state index in [-0.39, 0.29) is 22.9 Å². The van der Waals surface area contributed by atoms with Gasteiger partial charge in [0.05, 0.1) is 12.7 Å². The Hall–Kier alpha value is -3.30. The van der Waals surface area contributed by atoms with Gasteiger partial charge in [0.25, 0.3) is 5.56 Å². The highest BCUT2D eigenvalue weighted by Crippen LogP contribution is 2.26. The van der Waals surface area contributed by atoms with Crippen LogP contribution in [0.1, 0.15) is 21.9 Å². The maximum atomic E-state index is 12.7. The van der Waals surface area contributed by atoms with Crippen molar-refractivity contribution in [2.45, 2.75) is 12.8 Å². The number of rotatable bonds is 6. The van der Waals surface area contributed by atoms with Gasteiger partial charge < -0.3 is 10.5 Å². The summed E-state index contributed by atoms with van der Waals surface area (Å²) in [6.07, 6.45) is 7.56. The lowest BCUT2D eigenvalue weighted by Crippen LogP contribution is -2.17. The Labute approximate surface area is 180 Å². The first-order chi connectivity index (χ1) is 14.5. The molecule has 3 aromatic rings. The van der Waals surface area contributed by atoms with Crippen molar-refractivity contribution in [3.05, 3.63) is 85.0 Å². The molecule has 0 amide bonds. The molecular weight excluding hydrogens is 420 g/mol. The molecule has 9 heteroatoms. The van der Waals surface area contributed by atoms with Gasteiger partial charge in [-0.25, -0.2) is 0 Å². The standard InChI is InChI=1S/C21H18N4O3S2/c1-3-5-13-8-12(10-16(28-2)18(13)26)9-15-19(22)25-21(23-20(15)27)30-17(24-25)11-14-6-4-7-29-14/h3-4,6-10H,1,5,11,22H2,2H3. The SMILES string of the molecule is C=CCC1=CC(=Cc2c(N)n3nc(Cc4cccs4)sc3nc2=O)C=C(OC)C1=O. The highest BCUT2D eigenvalue weighted by Gasteiger charge is 2.21. The highest BCUT2D eigenvalue weighted by atomic mass is 32.1. The molecule has 0 atom stereocenters. The Kier molecular flexibility index (Phi) is 5.47. The number of fused-ring (bicyclic) bond motifs is 1. The second-order valence-corrected chi connectivity index (χ2v) is 8.58. The maximum Gasteiger partial charge on any atom is 0.283 e. The average Bonchev–Trinajstić information content (AvgIpc) is 3.37. The molecule has 0 saturated carbocycles. The van der Waals surface area contributed by atoms with E-state index >= 15 is 0 Å². The first-order valence-electron chi connectivity index (χ1n) is 9.04. The smallest absolute Gasteiger partial charge is 0.283 e. The molecule has 152 valence electrons. The number of Topliss-reactive ketones (excluding diaryl/α,β-unsaturated/α-hetero) is 1. The summed E-state index contributed by atoms with van der Waals surface area (Å²) >= 11 is 2.98. The number of hydrogen-bond acceptors (Lipinski definition) is 8. The third-order valence-corrected chi connectivity index (χ3v) is 6.27. The second kappa shape index (κ2) is 8.21. The molecular formula is C21H18N4O3S2. The lowest BCUT2D eigenvalue weighted by atomic mass is 9.95. The van der Waals surface area contributed by atoms with Crippen LogP contribution in [0.2, 0.25) is 0 Å². The van der Waals surface area contributed by atoms with Crippen LogP contribution in [0.5, 0.6) is 0 Å². The number of nitrogen functional groups attached to an aromatic ring is 1. The molecule has 4 rings (SSSR count). The zero-order valence-corrected chi connectivity index (χ0v) is 17.8. The molecule has 3 heterocycles. The molecule has 3 aromatic heterocycles. The summed E-state index contributed by atoms with van der Waals surface area (Å²) in [7, 11) is 1.43. The fourth-order valence-corrected chi connectivity index (χ4v) is 4.80. The number of hydrogen-bond donors (Lipinski definition) is 1. The van der Waals surface area contributed by atoms with Crippen LogP contribution < -0.4 is 11.3 Å².